The lowest BCUT2D eigenvalue weighted by molar-refractivity contribution is -0.141. The van der Waals surface area contributed by atoms with Gasteiger partial charge in [-0.05, 0) is 32.9 Å². The molecule has 0 fully saturated rings. The summed E-state index contributed by atoms with van der Waals surface area (Å²) < 4.78 is 10.5. The predicted molar refractivity (Wildman–Crippen MR) is 96.7 cm³/mol. The van der Waals surface area contributed by atoms with Crippen LogP contribution in [0, 0.1) is 16.7 Å². The molecule has 1 amide bonds. The van der Waals surface area contributed by atoms with Crippen LogP contribution in [-0.2, 0) is 19.1 Å². The summed E-state index contributed by atoms with van der Waals surface area (Å²) in [6, 6.07) is 10.6. The number of allylic oxidation sites excluding steroid dienone is 1. The molecule has 8 heteroatoms. The lowest BCUT2D eigenvalue weighted by Gasteiger charge is -2.34. The molecule has 0 saturated heterocycles. The van der Waals surface area contributed by atoms with E-state index >= 15 is 0 Å². The van der Waals surface area contributed by atoms with Crippen molar-refractivity contribution in [3.63, 3.8) is 0 Å². The fraction of sp³-hybridized carbons (Fsp3) is 0.263. The Morgan fingerprint density at radius 3 is 2.63 bits per heavy atom. The van der Waals surface area contributed by atoms with Crippen LogP contribution in [-0.4, -0.2) is 24.2 Å². The smallest absolute Gasteiger partial charge is 0.339 e. The third kappa shape index (κ3) is 2.47. The SMILES string of the molecule is CCOC(=O)C1=C(C)OC(N)=C(C#N)C12C(=O)N(c1ccccc1)N=C2C. The Hall–Kier alpha value is -3.60. The molecule has 27 heavy (non-hydrogen) atoms. The van der Waals surface area contributed by atoms with Crippen LogP contribution in [0.15, 0.2) is 58.2 Å². The van der Waals surface area contributed by atoms with Crippen molar-refractivity contribution in [2.24, 2.45) is 16.3 Å². The monoisotopic (exact) mass is 366 g/mol. The van der Waals surface area contributed by atoms with Crippen LogP contribution in [0.2, 0.25) is 0 Å². The highest BCUT2D eigenvalue weighted by Gasteiger charge is 2.61. The second-order valence-electron chi connectivity index (χ2n) is 5.99. The van der Waals surface area contributed by atoms with E-state index in [2.05, 4.69) is 5.10 Å². The highest BCUT2D eigenvalue weighted by molar-refractivity contribution is 6.27. The minimum absolute atomic E-state index is 0.0835. The number of esters is 1. The Balaban J connectivity index is 2.26. The van der Waals surface area contributed by atoms with E-state index in [4.69, 9.17) is 15.2 Å². The highest BCUT2D eigenvalue weighted by atomic mass is 16.5. The first-order chi connectivity index (χ1) is 12.9. The molecule has 1 unspecified atom stereocenters. The highest BCUT2D eigenvalue weighted by Crippen LogP contribution is 2.49. The van der Waals surface area contributed by atoms with E-state index in [0.29, 0.717) is 5.69 Å². The summed E-state index contributed by atoms with van der Waals surface area (Å²) in [6.07, 6.45) is 0. The average Bonchev–Trinajstić information content (AvgIpc) is 2.88. The number of rotatable bonds is 3. The lowest BCUT2D eigenvalue weighted by Crippen LogP contribution is -2.48. The topological polar surface area (TPSA) is 118 Å². The van der Waals surface area contributed by atoms with Gasteiger partial charge in [-0.1, -0.05) is 18.2 Å². The van der Waals surface area contributed by atoms with Gasteiger partial charge in [-0.25, -0.2) is 4.79 Å². The summed E-state index contributed by atoms with van der Waals surface area (Å²) in [5.41, 5.74) is 4.60. The molecule has 0 saturated carbocycles. The van der Waals surface area contributed by atoms with Crippen molar-refractivity contribution in [3.05, 3.63) is 53.1 Å². The Kier molecular flexibility index (Phi) is 4.45. The van der Waals surface area contributed by atoms with Crippen molar-refractivity contribution in [1.82, 2.24) is 0 Å². The Labute approximate surface area is 156 Å². The molecule has 1 spiro atoms. The van der Waals surface area contributed by atoms with E-state index in [-0.39, 0.29) is 35.1 Å². The van der Waals surface area contributed by atoms with Crippen molar-refractivity contribution < 1.29 is 19.1 Å². The van der Waals surface area contributed by atoms with E-state index < -0.39 is 17.3 Å². The van der Waals surface area contributed by atoms with Crippen LogP contribution in [0.25, 0.3) is 0 Å². The minimum Gasteiger partial charge on any atom is -0.462 e. The number of hydrogen-bond acceptors (Lipinski definition) is 7. The molecule has 0 radical (unpaired) electrons. The van der Waals surface area contributed by atoms with Crippen LogP contribution in [0.4, 0.5) is 5.69 Å². The van der Waals surface area contributed by atoms with E-state index in [1.54, 1.807) is 44.2 Å². The number of para-hydroxylation sites is 1. The van der Waals surface area contributed by atoms with Crippen molar-refractivity contribution in [2.75, 3.05) is 11.6 Å². The summed E-state index contributed by atoms with van der Waals surface area (Å²) in [7, 11) is 0. The summed E-state index contributed by atoms with van der Waals surface area (Å²) in [5, 5.41) is 15.2. The van der Waals surface area contributed by atoms with E-state index in [0.717, 1.165) is 5.01 Å². The normalized spacial score (nSPS) is 21.9. The van der Waals surface area contributed by atoms with Crippen LogP contribution < -0.4 is 10.7 Å². The van der Waals surface area contributed by atoms with Gasteiger partial charge in [0.05, 0.1) is 18.0 Å². The molecule has 2 N–H and O–H groups in total. The summed E-state index contributed by atoms with van der Waals surface area (Å²) in [4.78, 5) is 26.3. The largest absolute Gasteiger partial charge is 0.462 e. The van der Waals surface area contributed by atoms with Gasteiger partial charge in [0.15, 0.2) is 5.41 Å². The van der Waals surface area contributed by atoms with Crippen LogP contribution >= 0.6 is 0 Å². The van der Waals surface area contributed by atoms with Crippen LogP contribution in [0.1, 0.15) is 20.8 Å². The summed E-state index contributed by atoms with van der Waals surface area (Å²) in [6.45, 7) is 4.82. The van der Waals surface area contributed by atoms with Gasteiger partial charge in [-0.15, -0.1) is 0 Å². The zero-order valence-corrected chi connectivity index (χ0v) is 15.1. The average molecular weight is 366 g/mol. The molecule has 8 nitrogen and oxygen atoms in total. The molecule has 0 bridgehead atoms. The molecule has 1 atom stereocenters. The number of ether oxygens (including phenoxy) is 2. The standard InChI is InChI=1S/C19H18N4O4/c1-4-26-17(24)15-11(2)27-16(21)14(10-20)19(15)12(3)22-23(18(19)25)13-8-6-5-7-9-13/h5-9H,4,21H2,1-3H3. The number of hydrazone groups is 1. The molecular formula is C19H18N4O4. The van der Waals surface area contributed by atoms with E-state index in [9.17, 15) is 14.9 Å². The summed E-state index contributed by atoms with van der Waals surface area (Å²) in [5.74, 6) is -1.48. The van der Waals surface area contributed by atoms with Gasteiger partial charge in [-0.3, -0.25) is 4.79 Å². The second kappa shape index (κ2) is 6.61. The number of carbonyl (C=O) groups is 2. The number of nitrogens with two attached hydrogens (primary N) is 1. The summed E-state index contributed by atoms with van der Waals surface area (Å²) >= 11 is 0. The molecule has 2 aliphatic heterocycles. The molecule has 1 aromatic rings. The van der Waals surface area contributed by atoms with E-state index in [1.165, 1.54) is 6.92 Å². The molecule has 0 aliphatic carbocycles. The molecule has 0 aromatic heterocycles. The maximum atomic E-state index is 13.5. The number of amides is 1. The number of anilines is 1. The number of hydrogen-bond donors (Lipinski definition) is 1. The fourth-order valence-corrected chi connectivity index (χ4v) is 3.38. The minimum atomic E-state index is -1.77. The quantitative estimate of drug-likeness (QED) is 0.817. The Morgan fingerprint density at radius 1 is 1.37 bits per heavy atom. The van der Waals surface area contributed by atoms with Gasteiger partial charge < -0.3 is 15.2 Å². The van der Waals surface area contributed by atoms with Crippen LogP contribution in [0.5, 0.6) is 0 Å². The van der Waals surface area contributed by atoms with Gasteiger partial charge in [0.25, 0.3) is 5.91 Å². The maximum Gasteiger partial charge on any atom is 0.339 e. The molecule has 2 heterocycles. The first-order valence-electron chi connectivity index (χ1n) is 8.31. The Bertz CT molecular complexity index is 956. The van der Waals surface area contributed by atoms with Crippen molar-refractivity contribution >= 4 is 23.3 Å². The number of nitriles is 1. The fourth-order valence-electron chi connectivity index (χ4n) is 3.38. The number of nitrogens with zero attached hydrogens (tertiary/aromatic N) is 3. The predicted octanol–water partition coefficient (Wildman–Crippen LogP) is 1.96. The van der Waals surface area contributed by atoms with E-state index in [1.807, 2.05) is 6.07 Å². The molecule has 138 valence electrons. The zero-order valence-electron chi connectivity index (χ0n) is 15.1. The molecule has 1 aromatic carbocycles. The lowest BCUT2D eigenvalue weighted by atomic mass is 9.69. The Morgan fingerprint density at radius 2 is 2.04 bits per heavy atom. The maximum absolute atomic E-state index is 13.5. The van der Waals surface area contributed by atoms with Crippen molar-refractivity contribution in [1.29, 1.82) is 5.26 Å². The van der Waals surface area contributed by atoms with Crippen molar-refractivity contribution in [3.8, 4) is 6.07 Å². The van der Waals surface area contributed by atoms with Gasteiger partial charge in [0.2, 0.25) is 5.88 Å². The number of benzene rings is 1. The van der Waals surface area contributed by atoms with Crippen molar-refractivity contribution in [2.45, 2.75) is 20.8 Å². The van der Waals surface area contributed by atoms with Crippen LogP contribution in [0.3, 0.4) is 0 Å². The second-order valence-corrected chi connectivity index (χ2v) is 5.99. The molecular weight excluding hydrogens is 348 g/mol. The third-order valence-electron chi connectivity index (χ3n) is 4.51. The van der Waals surface area contributed by atoms with Gasteiger partial charge in [0.1, 0.15) is 23.0 Å². The molecule has 2 aliphatic rings. The number of carbonyl (C=O) groups excluding carboxylic acids is 2. The van der Waals surface area contributed by atoms with Gasteiger partial charge >= 0.3 is 5.97 Å². The molecule has 3 rings (SSSR count). The van der Waals surface area contributed by atoms with Gasteiger partial charge in [-0.2, -0.15) is 15.4 Å². The first-order valence-corrected chi connectivity index (χ1v) is 8.31. The zero-order chi connectivity index (χ0) is 19.8. The first kappa shape index (κ1) is 18.2. The van der Waals surface area contributed by atoms with Gasteiger partial charge in [0, 0.05) is 0 Å². The third-order valence-corrected chi connectivity index (χ3v) is 4.51.